The van der Waals surface area contributed by atoms with E-state index in [9.17, 15) is 9.59 Å². The largest absolute Gasteiger partial charge is 0.497 e. The van der Waals surface area contributed by atoms with Gasteiger partial charge in [0.05, 0.1) is 12.8 Å². The van der Waals surface area contributed by atoms with Crippen LogP contribution in [-0.2, 0) is 9.59 Å². The van der Waals surface area contributed by atoms with Crippen molar-refractivity contribution in [2.24, 2.45) is 0 Å². The van der Waals surface area contributed by atoms with Crippen LogP contribution in [0.25, 0.3) is 0 Å². The number of carbonyl (C=O) groups excluding carboxylic acids is 2. The number of para-hydroxylation sites is 1. The van der Waals surface area contributed by atoms with Crippen LogP contribution in [-0.4, -0.2) is 25.5 Å². The highest BCUT2D eigenvalue weighted by atomic mass is 16.5. The third-order valence-electron chi connectivity index (χ3n) is 4.22. The summed E-state index contributed by atoms with van der Waals surface area (Å²) in [6.45, 7) is 7.56. The molecule has 2 aromatic rings. The SMILES string of the molecule is COc1ccc(NC(=O)CN(C(C)=O)c2c(C)cccc2C(C)C)cc1. The van der Waals surface area contributed by atoms with E-state index in [1.54, 1.807) is 36.3 Å². The Hall–Kier alpha value is -2.82. The van der Waals surface area contributed by atoms with Gasteiger partial charge >= 0.3 is 0 Å². The Bertz CT molecular complexity index is 782. The van der Waals surface area contributed by atoms with Crippen LogP contribution in [0.3, 0.4) is 0 Å². The van der Waals surface area contributed by atoms with Crippen molar-refractivity contribution in [2.45, 2.75) is 33.6 Å². The fourth-order valence-electron chi connectivity index (χ4n) is 2.88. The molecular formula is C21H26N2O3. The molecule has 0 aliphatic heterocycles. The minimum atomic E-state index is -0.247. The Balaban J connectivity index is 2.23. The lowest BCUT2D eigenvalue weighted by Crippen LogP contribution is -2.37. The van der Waals surface area contributed by atoms with Gasteiger partial charge < -0.3 is 15.0 Å². The summed E-state index contributed by atoms with van der Waals surface area (Å²) in [5.74, 6) is 0.556. The van der Waals surface area contributed by atoms with Gasteiger partial charge in [0.2, 0.25) is 11.8 Å². The van der Waals surface area contributed by atoms with Gasteiger partial charge in [-0.05, 0) is 48.2 Å². The van der Waals surface area contributed by atoms with Crippen LogP contribution in [0, 0.1) is 6.92 Å². The third-order valence-corrected chi connectivity index (χ3v) is 4.22. The van der Waals surface area contributed by atoms with Gasteiger partial charge in [-0.15, -0.1) is 0 Å². The number of anilines is 2. The van der Waals surface area contributed by atoms with E-state index in [0.717, 1.165) is 22.6 Å². The van der Waals surface area contributed by atoms with E-state index in [1.807, 2.05) is 25.1 Å². The third kappa shape index (κ3) is 4.63. The van der Waals surface area contributed by atoms with Crippen molar-refractivity contribution < 1.29 is 14.3 Å². The highest BCUT2D eigenvalue weighted by molar-refractivity contribution is 6.02. The predicted octanol–water partition coefficient (Wildman–Crippen LogP) is 4.12. The van der Waals surface area contributed by atoms with Crippen molar-refractivity contribution >= 4 is 23.2 Å². The van der Waals surface area contributed by atoms with Crippen LogP contribution in [0.4, 0.5) is 11.4 Å². The van der Waals surface area contributed by atoms with E-state index < -0.39 is 0 Å². The molecule has 5 heteroatoms. The summed E-state index contributed by atoms with van der Waals surface area (Å²) in [5.41, 5.74) is 3.51. The minimum absolute atomic E-state index is 0.0358. The van der Waals surface area contributed by atoms with Gasteiger partial charge in [0.1, 0.15) is 12.3 Å². The summed E-state index contributed by atoms with van der Waals surface area (Å²) in [5, 5.41) is 2.83. The summed E-state index contributed by atoms with van der Waals surface area (Å²) in [4.78, 5) is 26.3. The molecule has 2 aromatic carbocycles. The Labute approximate surface area is 155 Å². The van der Waals surface area contributed by atoms with E-state index in [1.165, 1.54) is 6.92 Å². The number of carbonyl (C=O) groups is 2. The van der Waals surface area contributed by atoms with Crippen molar-refractivity contribution in [2.75, 3.05) is 23.9 Å². The number of nitrogens with one attached hydrogen (secondary N) is 1. The van der Waals surface area contributed by atoms with Crippen LogP contribution in [0.15, 0.2) is 42.5 Å². The standard InChI is InChI=1S/C21H26N2O3/c1-14(2)19-8-6-7-15(3)21(19)23(16(4)24)13-20(25)22-17-9-11-18(26-5)12-10-17/h6-12,14H,13H2,1-5H3,(H,22,25). The average molecular weight is 354 g/mol. The van der Waals surface area contributed by atoms with E-state index in [4.69, 9.17) is 4.74 Å². The fraction of sp³-hybridized carbons (Fsp3) is 0.333. The Morgan fingerprint density at radius 1 is 1.12 bits per heavy atom. The Morgan fingerprint density at radius 2 is 1.77 bits per heavy atom. The maximum absolute atomic E-state index is 12.5. The second-order valence-electron chi connectivity index (χ2n) is 6.55. The Morgan fingerprint density at radius 3 is 2.31 bits per heavy atom. The van der Waals surface area contributed by atoms with Crippen molar-refractivity contribution in [1.29, 1.82) is 0 Å². The molecule has 1 N–H and O–H groups in total. The topological polar surface area (TPSA) is 58.6 Å². The molecule has 0 radical (unpaired) electrons. The predicted molar refractivity (Wildman–Crippen MR) is 105 cm³/mol. The second-order valence-corrected chi connectivity index (χ2v) is 6.55. The van der Waals surface area contributed by atoms with Gasteiger partial charge in [-0.25, -0.2) is 0 Å². The number of aryl methyl sites for hydroxylation is 1. The highest BCUT2D eigenvalue weighted by Crippen LogP contribution is 2.31. The molecule has 0 fully saturated rings. The van der Waals surface area contributed by atoms with E-state index in [2.05, 4.69) is 19.2 Å². The summed E-state index contributed by atoms with van der Waals surface area (Å²) in [6.07, 6.45) is 0. The second kappa shape index (κ2) is 8.52. The first kappa shape index (κ1) is 19.5. The van der Waals surface area contributed by atoms with Crippen LogP contribution >= 0.6 is 0 Å². The maximum Gasteiger partial charge on any atom is 0.244 e. The number of hydrogen-bond acceptors (Lipinski definition) is 3. The molecule has 26 heavy (non-hydrogen) atoms. The fourth-order valence-corrected chi connectivity index (χ4v) is 2.88. The van der Waals surface area contributed by atoms with Crippen molar-refractivity contribution in [3.05, 3.63) is 53.6 Å². The van der Waals surface area contributed by atoms with E-state index in [-0.39, 0.29) is 24.3 Å². The zero-order valence-electron chi connectivity index (χ0n) is 16.0. The summed E-state index contributed by atoms with van der Waals surface area (Å²) >= 11 is 0. The molecule has 2 rings (SSSR count). The summed E-state index contributed by atoms with van der Waals surface area (Å²) < 4.78 is 5.11. The lowest BCUT2D eigenvalue weighted by Gasteiger charge is -2.27. The molecule has 0 heterocycles. The zero-order valence-corrected chi connectivity index (χ0v) is 16.0. The molecule has 0 spiro atoms. The van der Waals surface area contributed by atoms with Crippen LogP contribution in [0.1, 0.15) is 37.8 Å². The summed E-state index contributed by atoms with van der Waals surface area (Å²) in [6, 6.07) is 13.0. The number of methoxy groups -OCH3 is 1. The molecule has 0 saturated carbocycles. The molecule has 5 nitrogen and oxygen atoms in total. The molecule has 0 aliphatic rings. The normalized spacial score (nSPS) is 10.5. The Kier molecular flexibility index (Phi) is 6.39. The van der Waals surface area contributed by atoms with Gasteiger partial charge in [-0.1, -0.05) is 32.0 Å². The molecule has 0 saturated heterocycles. The quantitative estimate of drug-likeness (QED) is 0.849. The monoisotopic (exact) mass is 354 g/mol. The first-order valence-corrected chi connectivity index (χ1v) is 8.65. The van der Waals surface area contributed by atoms with Crippen molar-refractivity contribution in [3.8, 4) is 5.75 Å². The van der Waals surface area contributed by atoms with E-state index >= 15 is 0 Å². The smallest absolute Gasteiger partial charge is 0.244 e. The lowest BCUT2D eigenvalue weighted by atomic mass is 9.97. The van der Waals surface area contributed by atoms with Crippen LogP contribution in [0.2, 0.25) is 0 Å². The highest BCUT2D eigenvalue weighted by Gasteiger charge is 2.21. The van der Waals surface area contributed by atoms with Crippen molar-refractivity contribution in [1.82, 2.24) is 0 Å². The number of nitrogens with zero attached hydrogens (tertiary/aromatic N) is 1. The molecule has 2 amide bonds. The lowest BCUT2D eigenvalue weighted by molar-refractivity contribution is -0.120. The van der Waals surface area contributed by atoms with Gasteiger partial charge in [-0.3, -0.25) is 9.59 Å². The summed E-state index contributed by atoms with van der Waals surface area (Å²) in [7, 11) is 1.59. The molecule has 0 aliphatic carbocycles. The van der Waals surface area contributed by atoms with Gasteiger partial charge in [-0.2, -0.15) is 0 Å². The number of benzene rings is 2. The van der Waals surface area contributed by atoms with E-state index in [0.29, 0.717) is 5.69 Å². The molecule has 0 bridgehead atoms. The maximum atomic E-state index is 12.5. The number of amides is 2. The average Bonchev–Trinajstić information content (AvgIpc) is 2.60. The number of ether oxygens (including phenoxy) is 1. The first-order chi connectivity index (χ1) is 12.3. The molecule has 0 unspecified atom stereocenters. The molecule has 0 aromatic heterocycles. The molecular weight excluding hydrogens is 328 g/mol. The van der Waals surface area contributed by atoms with Crippen LogP contribution < -0.4 is 15.0 Å². The zero-order chi connectivity index (χ0) is 19.3. The molecule has 138 valence electrons. The molecule has 0 atom stereocenters. The van der Waals surface area contributed by atoms with Gasteiger partial charge in [0, 0.05) is 12.6 Å². The number of hydrogen-bond donors (Lipinski definition) is 1. The number of rotatable bonds is 6. The van der Waals surface area contributed by atoms with Gasteiger partial charge in [0.25, 0.3) is 0 Å². The van der Waals surface area contributed by atoms with Crippen molar-refractivity contribution in [3.63, 3.8) is 0 Å². The minimum Gasteiger partial charge on any atom is -0.497 e. The van der Waals surface area contributed by atoms with Gasteiger partial charge in [0.15, 0.2) is 0 Å². The first-order valence-electron chi connectivity index (χ1n) is 8.65. The van der Waals surface area contributed by atoms with Crippen LogP contribution in [0.5, 0.6) is 5.75 Å².